The maximum atomic E-state index is 12.8. The summed E-state index contributed by atoms with van der Waals surface area (Å²) in [6.07, 6.45) is 3.47. The van der Waals surface area contributed by atoms with Gasteiger partial charge in [-0.2, -0.15) is 0 Å². The summed E-state index contributed by atoms with van der Waals surface area (Å²) in [6, 6.07) is 6.32. The Kier molecular flexibility index (Phi) is 4.49. The highest BCUT2D eigenvalue weighted by atomic mass is 35.5. The Morgan fingerprint density at radius 1 is 1.38 bits per heavy atom. The summed E-state index contributed by atoms with van der Waals surface area (Å²) in [4.78, 5) is 38.3. The van der Waals surface area contributed by atoms with E-state index < -0.39 is 17.5 Å². The quantitative estimate of drug-likeness (QED) is 0.823. The molecule has 6 nitrogen and oxygen atoms in total. The molecule has 1 saturated carbocycles. The molecule has 1 aromatic rings. The van der Waals surface area contributed by atoms with Gasteiger partial charge in [-0.1, -0.05) is 43.5 Å². The van der Waals surface area contributed by atoms with E-state index in [1.165, 1.54) is 0 Å². The molecule has 7 heteroatoms. The lowest BCUT2D eigenvalue weighted by Crippen LogP contribution is -2.54. The normalized spacial score (nSPS) is 26.6. The van der Waals surface area contributed by atoms with E-state index in [1.54, 1.807) is 24.3 Å². The van der Waals surface area contributed by atoms with E-state index in [-0.39, 0.29) is 18.4 Å². The maximum Gasteiger partial charge on any atom is 0.325 e. The number of urea groups is 1. The summed E-state index contributed by atoms with van der Waals surface area (Å²) in [5.41, 5.74) is -0.392. The number of imide groups is 1. The minimum atomic E-state index is -0.847. The highest BCUT2D eigenvalue weighted by Crippen LogP contribution is 2.38. The van der Waals surface area contributed by atoms with Gasteiger partial charge in [-0.15, -0.1) is 0 Å². The van der Waals surface area contributed by atoms with Crippen LogP contribution in [0.3, 0.4) is 0 Å². The number of rotatable bonds is 3. The molecule has 1 saturated heterocycles. The largest absolute Gasteiger partial charge is 0.325 e. The van der Waals surface area contributed by atoms with Gasteiger partial charge in [0.2, 0.25) is 5.91 Å². The fourth-order valence-corrected chi connectivity index (χ4v) is 3.72. The Morgan fingerprint density at radius 2 is 2.12 bits per heavy atom. The predicted molar refractivity (Wildman–Crippen MR) is 90.7 cm³/mol. The van der Waals surface area contributed by atoms with Gasteiger partial charge in [-0.25, -0.2) is 4.79 Å². The van der Waals surface area contributed by atoms with Crippen LogP contribution in [-0.2, 0) is 9.59 Å². The van der Waals surface area contributed by atoms with Crippen LogP contribution in [0.5, 0.6) is 0 Å². The summed E-state index contributed by atoms with van der Waals surface area (Å²) in [7, 11) is 0. The molecular weight excluding hydrogens is 330 g/mol. The number of benzene rings is 1. The molecule has 2 aliphatic rings. The monoisotopic (exact) mass is 349 g/mol. The molecule has 1 spiro atoms. The van der Waals surface area contributed by atoms with E-state index >= 15 is 0 Å². The third-order valence-corrected chi connectivity index (χ3v) is 5.28. The zero-order valence-corrected chi connectivity index (χ0v) is 14.2. The predicted octanol–water partition coefficient (Wildman–Crippen LogP) is 2.78. The van der Waals surface area contributed by atoms with Crippen LogP contribution in [0.1, 0.15) is 32.6 Å². The number of nitrogens with one attached hydrogen (secondary N) is 2. The third kappa shape index (κ3) is 2.86. The average molecular weight is 350 g/mol. The van der Waals surface area contributed by atoms with Gasteiger partial charge >= 0.3 is 6.03 Å². The van der Waals surface area contributed by atoms with Crippen molar-refractivity contribution in [3.05, 3.63) is 29.3 Å². The second kappa shape index (κ2) is 6.43. The molecule has 1 heterocycles. The molecule has 0 aromatic heterocycles. The second-order valence-corrected chi connectivity index (χ2v) is 6.87. The molecule has 1 aliphatic heterocycles. The van der Waals surface area contributed by atoms with E-state index in [0.717, 1.165) is 24.2 Å². The van der Waals surface area contributed by atoms with Gasteiger partial charge in [0.25, 0.3) is 5.91 Å². The number of carbonyl (C=O) groups is 3. The molecule has 2 atom stereocenters. The van der Waals surface area contributed by atoms with Crippen molar-refractivity contribution in [3.8, 4) is 0 Å². The Bertz CT molecular complexity index is 693. The minimum Gasteiger partial charge on any atom is -0.323 e. The summed E-state index contributed by atoms with van der Waals surface area (Å²) in [5, 5.41) is 5.87. The first-order chi connectivity index (χ1) is 11.4. The smallest absolute Gasteiger partial charge is 0.323 e. The molecule has 24 heavy (non-hydrogen) atoms. The number of para-hydroxylation sites is 1. The summed E-state index contributed by atoms with van der Waals surface area (Å²) in [5.74, 6) is -0.680. The molecule has 0 bridgehead atoms. The van der Waals surface area contributed by atoms with Crippen molar-refractivity contribution in [2.45, 2.75) is 38.1 Å². The van der Waals surface area contributed by atoms with Gasteiger partial charge in [-0.3, -0.25) is 14.5 Å². The van der Waals surface area contributed by atoms with Gasteiger partial charge in [0, 0.05) is 0 Å². The number of anilines is 1. The molecule has 2 N–H and O–H groups in total. The topological polar surface area (TPSA) is 78.5 Å². The van der Waals surface area contributed by atoms with E-state index in [9.17, 15) is 14.4 Å². The maximum absolute atomic E-state index is 12.8. The first kappa shape index (κ1) is 16.8. The van der Waals surface area contributed by atoms with Gasteiger partial charge < -0.3 is 10.6 Å². The van der Waals surface area contributed by atoms with Crippen LogP contribution < -0.4 is 10.6 Å². The van der Waals surface area contributed by atoms with Crippen molar-refractivity contribution in [2.24, 2.45) is 5.92 Å². The second-order valence-electron chi connectivity index (χ2n) is 6.47. The van der Waals surface area contributed by atoms with Gasteiger partial charge in [0.1, 0.15) is 12.1 Å². The molecule has 3 rings (SSSR count). The number of hydrogen-bond donors (Lipinski definition) is 2. The van der Waals surface area contributed by atoms with Crippen molar-refractivity contribution in [3.63, 3.8) is 0 Å². The average Bonchev–Trinajstić information content (AvgIpc) is 2.78. The van der Waals surface area contributed by atoms with Crippen LogP contribution in [0.2, 0.25) is 5.02 Å². The lowest BCUT2D eigenvalue weighted by molar-refractivity contribution is -0.136. The lowest BCUT2D eigenvalue weighted by atomic mass is 9.73. The molecule has 2 fully saturated rings. The highest BCUT2D eigenvalue weighted by molar-refractivity contribution is 6.33. The van der Waals surface area contributed by atoms with Crippen LogP contribution in [0.4, 0.5) is 10.5 Å². The Morgan fingerprint density at radius 3 is 2.83 bits per heavy atom. The number of nitrogens with zero attached hydrogens (tertiary/aromatic N) is 1. The Labute approximate surface area is 145 Å². The molecular formula is C17H20ClN3O3. The van der Waals surface area contributed by atoms with E-state index in [0.29, 0.717) is 17.1 Å². The van der Waals surface area contributed by atoms with Crippen LogP contribution in [0, 0.1) is 5.92 Å². The Hall–Kier alpha value is -2.08. The van der Waals surface area contributed by atoms with Crippen LogP contribution >= 0.6 is 11.6 Å². The molecule has 4 amide bonds. The number of halogens is 1. The molecule has 128 valence electrons. The summed E-state index contributed by atoms with van der Waals surface area (Å²) < 4.78 is 0. The van der Waals surface area contributed by atoms with Crippen molar-refractivity contribution in [1.82, 2.24) is 10.2 Å². The van der Waals surface area contributed by atoms with Crippen molar-refractivity contribution in [1.29, 1.82) is 0 Å². The van der Waals surface area contributed by atoms with E-state index in [2.05, 4.69) is 10.6 Å². The molecule has 0 radical (unpaired) electrons. The fourth-order valence-electron chi connectivity index (χ4n) is 3.53. The van der Waals surface area contributed by atoms with Crippen molar-refractivity contribution < 1.29 is 14.4 Å². The van der Waals surface area contributed by atoms with Gasteiger partial charge in [0.05, 0.1) is 10.7 Å². The first-order valence-electron chi connectivity index (χ1n) is 8.12. The third-order valence-electron chi connectivity index (χ3n) is 4.95. The van der Waals surface area contributed by atoms with Gasteiger partial charge in [0.15, 0.2) is 0 Å². The van der Waals surface area contributed by atoms with E-state index in [4.69, 9.17) is 11.6 Å². The zero-order valence-electron chi connectivity index (χ0n) is 13.5. The van der Waals surface area contributed by atoms with Gasteiger partial charge in [-0.05, 0) is 30.9 Å². The van der Waals surface area contributed by atoms with E-state index in [1.807, 2.05) is 6.92 Å². The van der Waals surface area contributed by atoms with Crippen molar-refractivity contribution in [2.75, 3.05) is 11.9 Å². The standard InChI is InChI=1S/C17H20ClN3O3/c1-11-6-4-5-9-17(11)15(23)21(16(24)20-17)10-14(22)19-13-8-3-2-7-12(13)18/h2-3,7-8,11H,4-6,9-10H2,1H3,(H,19,22)(H,20,24). The van der Waals surface area contributed by atoms with Crippen LogP contribution in [0.15, 0.2) is 24.3 Å². The summed E-state index contributed by atoms with van der Waals surface area (Å²) >= 11 is 6.00. The molecule has 1 aliphatic carbocycles. The highest BCUT2D eigenvalue weighted by Gasteiger charge is 2.55. The fraction of sp³-hybridized carbons (Fsp3) is 0.471. The molecule has 1 aromatic carbocycles. The minimum absolute atomic E-state index is 0.0688. The number of carbonyl (C=O) groups excluding carboxylic acids is 3. The van der Waals surface area contributed by atoms with Crippen LogP contribution in [0.25, 0.3) is 0 Å². The number of hydrogen-bond acceptors (Lipinski definition) is 3. The first-order valence-corrected chi connectivity index (χ1v) is 8.50. The summed E-state index contributed by atoms with van der Waals surface area (Å²) in [6.45, 7) is 1.66. The Balaban J connectivity index is 1.71. The molecule has 2 unspecified atom stereocenters. The zero-order chi connectivity index (χ0) is 17.3. The SMILES string of the molecule is CC1CCCCC12NC(=O)N(CC(=O)Nc1ccccc1Cl)C2=O. The van der Waals surface area contributed by atoms with Crippen LogP contribution in [-0.4, -0.2) is 34.8 Å². The van der Waals surface area contributed by atoms with Crippen molar-refractivity contribution >= 4 is 35.1 Å². The lowest BCUT2D eigenvalue weighted by Gasteiger charge is -2.36. The number of amides is 4.